The molecule has 2 heteroatoms. The molecule has 0 bridgehead atoms. The number of benzene rings is 4. The van der Waals surface area contributed by atoms with Crippen LogP contribution in [-0.4, -0.2) is 6.67 Å². The zero-order valence-electron chi connectivity index (χ0n) is 21.8. The van der Waals surface area contributed by atoms with Crippen LogP contribution >= 0.6 is 0 Å². The molecule has 0 N–H and O–H groups in total. The Labute approximate surface area is 210 Å². The number of hydrogen-bond donors (Lipinski definition) is 0. The molecule has 1 aliphatic rings. The third kappa shape index (κ3) is 4.23. The van der Waals surface area contributed by atoms with Crippen molar-refractivity contribution >= 4 is 11.4 Å². The summed E-state index contributed by atoms with van der Waals surface area (Å²) >= 11 is 0. The van der Waals surface area contributed by atoms with Crippen LogP contribution in [0.3, 0.4) is 0 Å². The summed E-state index contributed by atoms with van der Waals surface area (Å²) in [5, 5.41) is 0. The van der Waals surface area contributed by atoms with Crippen LogP contribution in [0.1, 0.15) is 56.6 Å². The number of rotatable bonds is 4. The van der Waals surface area contributed by atoms with Crippen LogP contribution in [0, 0.1) is 41.5 Å². The van der Waals surface area contributed by atoms with Gasteiger partial charge in [0.15, 0.2) is 0 Å². The molecule has 2 atom stereocenters. The maximum absolute atomic E-state index is 2.65. The van der Waals surface area contributed by atoms with E-state index in [1.165, 1.54) is 55.9 Å². The van der Waals surface area contributed by atoms with E-state index in [0.29, 0.717) is 0 Å². The molecule has 0 amide bonds. The molecule has 0 aromatic heterocycles. The Hall–Kier alpha value is -3.52. The van der Waals surface area contributed by atoms with Crippen LogP contribution in [0.15, 0.2) is 84.9 Å². The lowest BCUT2D eigenvalue weighted by Gasteiger charge is -2.32. The van der Waals surface area contributed by atoms with Gasteiger partial charge in [-0.2, -0.15) is 0 Å². The first-order valence-corrected chi connectivity index (χ1v) is 12.6. The molecule has 2 nitrogen and oxygen atoms in total. The largest absolute Gasteiger partial charge is 0.344 e. The Bertz CT molecular complexity index is 1190. The summed E-state index contributed by atoms with van der Waals surface area (Å²) < 4.78 is 0. The lowest BCUT2D eigenvalue weighted by molar-refractivity contribution is 0.616. The van der Waals surface area contributed by atoms with Crippen LogP contribution in [0.5, 0.6) is 0 Å². The highest BCUT2D eigenvalue weighted by Crippen LogP contribution is 2.50. The molecule has 4 aromatic carbocycles. The van der Waals surface area contributed by atoms with E-state index >= 15 is 0 Å². The molecule has 35 heavy (non-hydrogen) atoms. The van der Waals surface area contributed by atoms with Crippen molar-refractivity contribution in [2.75, 3.05) is 16.5 Å². The van der Waals surface area contributed by atoms with Crippen molar-refractivity contribution in [2.24, 2.45) is 0 Å². The van der Waals surface area contributed by atoms with E-state index < -0.39 is 0 Å². The first-order chi connectivity index (χ1) is 16.8. The Morgan fingerprint density at radius 3 is 1.11 bits per heavy atom. The third-order valence-corrected chi connectivity index (χ3v) is 7.40. The summed E-state index contributed by atoms with van der Waals surface area (Å²) in [6.45, 7) is 14.3. The predicted molar refractivity (Wildman–Crippen MR) is 149 cm³/mol. The molecule has 0 spiro atoms. The monoisotopic (exact) mass is 460 g/mol. The van der Waals surface area contributed by atoms with E-state index in [1.807, 2.05) is 0 Å². The summed E-state index contributed by atoms with van der Waals surface area (Å²) in [4.78, 5) is 5.30. The second-order valence-corrected chi connectivity index (χ2v) is 10.3. The maximum Gasteiger partial charge on any atom is 0.0917 e. The Morgan fingerprint density at radius 2 is 0.800 bits per heavy atom. The molecule has 1 fully saturated rings. The van der Waals surface area contributed by atoms with E-state index in [1.54, 1.807) is 0 Å². The van der Waals surface area contributed by atoms with Crippen LogP contribution in [0.4, 0.5) is 11.4 Å². The molecule has 0 saturated carbocycles. The SMILES string of the molecule is Cc1cc(C)c(N2CN(c3c(C)cc(C)cc3C)[C@@H](c3ccccc3)[C@H]2c2ccccc2)c(C)c1. The topological polar surface area (TPSA) is 6.48 Å². The van der Waals surface area contributed by atoms with E-state index in [-0.39, 0.29) is 12.1 Å². The summed E-state index contributed by atoms with van der Waals surface area (Å²) in [6.07, 6.45) is 0. The minimum absolute atomic E-state index is 0.193. The summed E-state index contributed by atoms with van der Waals surface area (Å²) in [5.41, 5.74) is 13.4. The molecule has 1 heterocycles. The zero-order chi connectivity index (χ0) is 24.7. The van der Waals surface area contributed by atoms with Gasteiger partial charge in [0.25, 0.3) is 0 Å². The highest BCUT2D eigenvalue weighted by molar-refractivity contribution is 5.69. The van der Waals surface area contributed by atoms with Gasteiger partial charge in [-0.15, -0.1) is 0 Å². The van der Waals surface area contributed by atoms with E-state index in [2.05, 4.69) is 136 Å². The average Bonchev–Trinajstić information content (AvgIpc) is 3.18. The Balaban J connectivity index is 1.78. The van der Waals surface area contributed by atoms with Gasteiger partial charge >= 0.3 is 0 Å². The van der Waals surface area contributed by atoms with Crippen molar-refractivity contribution in [3.05, 3.63) is 129 Å². The Kier molecular flexibility index (Phi) is 6.15. The normalized spacial score (nSPS) is 17.8. The van der Waals surface area contributed by atoms with Gasteiger partial charge < -0.3 is 9.80 Å². The van der Waals surface area contributed by atoms with E-state index in [0.717, 1.165) is 6.67 Å². The van der Waals surface area contributed by atoms with Crippen molar-refractivity contribution in [3.63, 3.8) is 0 Å². The minimum atomic E-state index is 0.193. The van der Waals surface area contributed by atoms with Crippen LogP contribution in [-0.2, 0) is 0 Å². The molecule has 4 aromatic rings. The predicted octanol–water partition coefficient (Wildman–Crippen LogP) is 8.30. The van der Waals surface area contributed by atoms with Gasteiger partial charge in [0.1, 0.15) is 0 Å². The van der Waals surface area contributed by atoms with Gasteiger partial charge in [0.2, 0.25) is 0 Å². The lowest BCUT2D eigenvalue weighted by atomic mass is 9.91. The number of anilines is 2. The molecular formula is C33H36N2. The molecule has 1 aliphatic heterocycles. The fourth-order valence-corrected chi connectivity index (χ4v) is 6.38. The van der Waals surface area contributed by atoms with Crippen molar-refractivity contribution < 1.29 is 0 Å². The standard InChI is InChI=1S/C33H36N2/c1-22-17-24(3)30(25(4)18-22)34-21-35(31-26(5)19-23(2)20-27(31)6)33(29-15-11-8-12-16-29)32(34)28-13-9-7-10-14-28/h7-20,32-33H,21H2,1-6H3/t32-,33+. The van der Waals surface area contributed by atoms with Crippen molar-refractivity contribution in [1.29, 1.82) is 0 Å². The number of aryl methyl sites for hydroxylation is 6. The second kappa shape index (κ2) is 9.26. The maximum atomic E-state index is 2.65. The van der Waals surface area contributed by atoms with Gasteiger partial charge in [0.05, 0.1) is 18.8 Å². The summed E-state index contributed by atoms with van der Waals surface area (Å²) in [7, 11) is 0. The van der Waals surface area contributed by atoms with E-state index in [4.69, 9.17) is 0 Å². The summed E-state index contributed by atoms with van der Waals surface area (Å²) in [6, 6.07) is 31.8. The first kappa shape index (κ1) is 23.2. The van der Waals surface area contributed by atoms with Gasteiger partial charge in [-0.05, 0) is 74.9 Å². The number of nitrogens with zero attached hydrogens (tertiary/aromatic N) is 2. The fourth-order valence-electron chi connectivity index (χ4n) is 6.38. The smallest absolute Gasteiger partial charge is 0.0917 e. The summed E-state index contributed by atoms with van der Waals surface area (Å²) in [5.74, 6) is 0. The van der Waals surface area contributed by atoms with Crippen LogP contribution in [0.2, 0.25) is 0 Å². The molecule has 1 saturated heterocycles. The molecule has 178 valence electrons. The highest BCUT2D eigenvalue weighted by Gasteiger charge is 2.43. The second-order valence-electron chi connectivity index (χ2n) is 10.3. The van der Waals surface area contributed by atoms with Crippen molar-refractivity contribution in [3.8, 4) is 0 Å². The van der Waals surface area contributed by atoms with Crippen LogP contribution < -0.4 is 9.80 Å². The lowest BCUT2D eigenvalue weighted by Crippen LogP contribution is -2.28. The molecule has 0 radical (unpaired) electrons. The quantitative estimate of drug-likeness (QED) is 0.302. The van der Waals surface area contributed by atoms with Crippen molar-refractivity contribution in [2.45, 2.75) is 53.6 Å². The highest BCUT2D eigenvalue weighted by atomic mass is 15.4. The van der Waals surface area contributed by atoms with Gasteiger partial charge in [-0.25, -0.2) is 0 Å². The molecule has 0 unspecified atom stereocenters. The fraction of sp³-hybridized carbons (Fsp3) is 0.273. The van der Waals surface area contributed by atoms with Crippen molar-refractivity contribution in [1.82, 2.24) is 0 Å². The van der Waals surface area contributed by atoms with E-state index in [9.17, 15) is 0 Å². The van der Waals surface area contributed by atoms with Gasteiger partial charge in [-0.3, -0.25) is 0 Å². The zero-order valence-corrected chi connectivity index (χ0v) is 21.8. The van der Waals surface area contributed by atoms with Crippen LogP contribution in [0.25, 0.3) is 0 Å². The van der Waals surface area contributed by atoms with Gasteiger partial charge in [0, 0.05) is 11.4 Å². The van der Waals surface area contributed by atoms with Gasteiger partial charge in [-0.1, -0.05) is 96.1 Å². The number of hydrogen-bond acceptors (Lipinski definition) is 2. The molecule has 0 aliphatic carbocycles. The Morgan fingerprint density at radius 1 is 0.486 bits per heavy atom. The minimum Gasteiger partial charge on any atom is -0.344 e. The molecule has 5 rings (SSSR count). The average molecular weight is 461 g/mol. The third-order valence-electron chi connectivity index (χ3n) is 7.40. The first-order valence-electron chi connectivity index (χ1n) is 12.6. The molecular weight excluding hydrogens is 424 g/mol.